The summed E-state index contributed by atoms with van der Waals surface area (Å²) in [5, 5.41) is 8.81. The number of nitrogens with one attached hydrogen (secondary N) is 1. The number of hydrogen-bond donors (Lipinski definition) is 3. The Hall–Kier alpha value is -1.49. The third kappa shape index (κ3) is 1.32. The fourth-order valence-corrected chi connectivity index (χ4v) is 0.801. The first kappa shape index (κ1) is 7.62. The molecular weight excluding hydrogens is 142 g/mol. The zero-order chi connectivity index (χ0) is 8.27. The molecule has 0 saturated carbocycles. The topological polar surface area (TPSA) is 92.3 Å². The van der Waals surface area contributed by atoms with Gasteiger partial charge in [0.2, 0.25) is 5.82 Å². The summed E-state index contributed by atoms with van der Waals surface area (Å²) >= 11 is 0. The second kappa shape index (κ2) is 3.07. The van der Waals surface area contributed by atoms with Crippen LogP contribution in [0.5, 0.6) is 0 Å². The standard InChI is InChI=1S/C6H9N5/c1-9-6-4(2-7)5(8)10-3-11-6/h2-3,7H,1H3,(H3,8,9,10,11)/p+1. The highest BCUT2D eigenvalue weighted by Gasteiger charge is 2.06. The van der Waals surface area contributed by atoms with Crippen LogP contribution in [0.3, 0.4) is 0 Å². The summed E-state index contributed by atoms with van der Waals surface area (Å²) in [6, 6.07) is 0. The van der Waals surface area contributed by atoms with E-state index in [0.717, 1.165) is 6.21 Å². The number of quaternary nitrogens is 1. The van der Waals surface area contributed by atoms with Crippen LogP contribution in [0.1, 0.15) is 5.56 Å². The van der Waals surface area contributed by atoms with Crippen LogP contribution in [0.4, 0.5) is 11.6 Å². The molecule has 0 saturated heterocycles. The molecule has 1 rings (SSSR count). The number of hydrogen-bond acceptors (Lipinski definition) is 4. The van der Waals surface area contributed by atoms with E-state index in [1.54, 1.807) is 5.32 Å². The minimum atomic E-state index is 0.350. The predicted molar refractivity (Wildman–Crippen MR) is 41.8 cm³/mol. The van der Waals surface area contributed by atoms with E-state index < -0.39 is 0 Å². The molecule has 5 N–H and O–H groups in total. The van der Waals surface area contributed by atoms with Gasteiger partial charge >= 0.3 is 0 Å². The predicted octanol–water partition coefficient (Wildman–Crippen LogP) is -1.12. The van der Waals surface area contributed by atoms with Gasteiger partial charge in [0.1, 0.15) is 17.7 Å². The summed E-state index contributed by atoms with van der Waals surface area (Å²) in [6.45, 7) is 0. The zero-order valence-corrected chi connectivity index (χ0v) is 6.20. The van der Waals surface area contributed by atoms with E-state index >= 15 is 0 Å². The molecule has 1 aromatic heterocycles. The minimum Gasteiger partial charge on any atom is -0.383 e. The Morgan fingerprint density at radius 2 is 2.36 bits per heavy atom. The Bertz CT molecular complexity index is 270. The Kier molecular flexibility index (Phi) is 2.12. The molecule has 0 amide bonds. The van der Waals surface area contributed by atoms with E-state index in [1.165, 1.54) is 6.33 Å². The third-order valence-electron chi connectivity index (χ3n) is 1.36. The van der Waals surface area contributed by atoms with Crippen LogP contribution < -0.4 is 11.1 Å². The number of aromatic nitrogens is 2. The van der Waals surface area contributed by atoms with Crippen LogP contribution in [-0.4, -0.2) is 23.2 Å². The van der Waals surface area contributed by atoms with Crippen molar-refractivity contribution in [2.24, 2.45) is 0 Å². The quantitative estimate of drug-likeness (QED) is 0.469. The van der Waals surface area contributed by atoms with Crippen molar-refractivity contribution in [2.45, 2.75) is 0 Å². The highest BCUT2D eigenvalue weighted by Crippen LogP contribution is 2.08. The van der Waals surface area contributed by atoms with Crippen molar-refractivity contribution < 1.29 is 5.32 Å². The van der Waals surface area contributed by atoms with E-state index in [2.05, 4.69) is 9.97 Å². The third-order valence-corrected chi connectivity index (χ3v) is 1.36. The molecule has 0 aliphatic heterocycles. The highest BCUT2D eigenvalue weighted by molar-refractivity contribution is 5.87. The number of nitrogens with zero attached hydrogens (tertiary/aromatic N) is 2. The van der Waals surface area contributed by atoms with Gasteiger partial charge in [0.05, 0.1) is 7.05 Å². The molecule has 0 spiro atoms. The zero-order valence-electron chi connectivity index (χ0n) is 6.20. The summed E-state index contributed by atoms with van der Waals surface area (Å²) in [5.74, 6) is 1.05. The summed E-state index contributed by atoms with van der Waals surface area (Å²) in [7, 11) is 1.84. The highest BCUT2D eigenvalue weighted by atomic mass is 15.0. The fraction of sp³-hybridized carbons (Fsp3) is 0.167. The van der Waals surface area contributed by atoms with E-state index in [9.17, 15) is 0 Å². The molecular formula is C6H10N5+. The van der Waals surface area contributed by atoms with Crippen molar-refractivity contribution in [1.29, 1.82) is 5.41 Å². The summed E-state index contributed by atoms with van der Waals surface area (Å²) in [4.78, 5) is 7.68. The van der Waals surface area contributed by atoms with Crippen LogP contribution in [0.15, 0.2) is 6.33 Å². The first-order valence-electron chi connectivity index (χ1n) is 3.20. The van der Waals surface area contributed by atoms with Crippen LogP contribution in [0, 0.1) is 5.41 Å². The van der Waals surface area contributed by atoms with Crippen LogP contribution >= 0.6 is 0 Å². The van der Waals surface area contributed by atoms with Gasteiger partial charge < -0.3 is 11.1 Å². The van der Waals surface area contributed by atoms with Crippen molar-refractivity contribution in [3.8, 4) is 0 Å². The molecule has 1 aromatic rings. The molecule has 0 aromatic carbocycles. The van der Waals surface area contributed by atoms with Gasteiger partial charge in [0.25, 0.3) is 0 Å². The lowest BCUT2D eigenvalue weighted by Crippen LogP contribution is -2.73. The van der Waals surface area contributed by atoms with Gasteiger partial charge in [0.15, 0.2) is 0 Å². The number of anilines is 1. The second-order valence-corrected chi connectivity index (χ2v) is 1.99. The molecule has 0 bridgehead atoms. The first-order valence-corrected chi connectivity index (χ1v) is 3.20. The monoisotopic (exact) mass is 152 g/mol. The number of rotatable bonds is 2. The molecule has 11 heavy (non-hydrogen) atoms. The Morgan fingerprint density at radius 3 is 2.82 bits per heavy atom. The van der Waals surface area contributed by atoms with Gasteiger partial charge in [-0.25, -0.2) is 4.98 Å². The van der Waals surface area contributed by atoms with Gasteiger partial charge in [-0.2, -0.15) is 4.98 Å². The molecule has 5 nitrogen and oxygen atoms in total. The number of nitrogens with two attached hydrogens (primary N) is 2. The Balaban J connectivity index is 3.24. The van der Waals surface area contributed by atoms with Crippen LogP contribution in [0.2, 0.25) is 0 Å². The lowest BCUT2D eigenvalue weighted by molar-refractivity contribution is -0.543. The van der Waals surface area contributed by atoms with Gasteiger partial charge in [-0.1, -0.05) is 0 Å². The van der Waals surface area contributed by atoms with Crippen LogP contribution in [0.25, 0.3) is 0 Å². The maximum absolute atomic E-state index is 7.02. The first-order chi connectivity index (χ1) is 5.29. The molecule has 0 aliphatic rings. The van der Waals surface area contributed by atoms with E-state index in [-0.39, 0.29) is 0 Å². The largest absolute Gasteiger partial charge is 0.383 e. The normalized spacial score (nSPS) is 9.55. The van der Waals surface area contributed by atoms with E-state index in [0.29, 0.717) is 17.2 Å². The molecule has 0 fully saturated rings. The molecule has 0 atom stereocenters. The summed E-state index contributed by atoms with van der Waals surface area (Å²) in [6.07, 6.45) is 2.54. The molecule has 58 valence electrons. The summed E-state index contributed by atoms with van der Waals surface area (Å²) < 4.78 is 0. The van der Waals surface area contributed by atoms with Crippen molar-refractivity contribution in [1.82, 2.24) is 9.97 Å². The van der Waals surface area contributed by atoms with Gasteiger partial charge in [-0.05, 0) is 0 Å². The fourth-order valence-electron chi connectivity index (χ4n) is 0.801. The average molecular weight is 152 g/mol. The molecule has 0 unspecified atom stereocenters. The molecule has 0 radical (unpaired) electrons. The summed E-state index contributed by atoms with van der Waals surface area (Å²) in [5.41, 5.74) is 6.06. The lowest BCUT2D eigenvalue weighted by Gasteiger charge is -1.99. The lowest BCUT2D eigenvalue weighted by atomic mass is 10.3. The van der Waals surface area contributed by atoms with E-state index in [1.807, 2.05) is 7.05 Å². The Labute approximate surface area is 64.2 Å². The smallest absolute Gasteiger partial charge is 0.238 e. The Morgan fingerprint density at radius 1 is 1.64 bits per heavy atom. The average Bonchev–Trinajstić information content (AvgIpc) is 2.04. The van der Waals surface area contributed by atoms with Gasteiger partial charge in [-0.15, -0.1) is 0 Å². The van der Waals surface area contributed by atoms with Crippen LogP contribution in [-0.2, 0) is 0 Å². The number of nitrogen functional groups attached to an aromatic ring is 1. The maximum Gasteiger partial charge on any atom is 0.238 e. The SMILES string of the molecule is C[NH2+]c1ncnc(N)c1C=N. The van der Waals surface area contributed by atoms with Gasteiger partial charge in [0, 0.05) is 6.21 Å². The van der Waals surface area contributed by atoms with Crippen molar-refractivity contribution in [3.63, 3.8) is 0 Å². The second-order valence-electron chi connectivity index (χ2n) is 1.99. The molecule has 1 heterocycles. The van der Waals surface area contributed by atoms with Crippen molar-refractivity contribution >= 4 is 17.9 Å². The van der Waals surface area contributed by atoms with Crippen molar-refractivity contribution in [2.75, 3.05) is 12.8 Å². The van der Waals surface area contributed by atoms with E-state index in [4.69, 9.17) is 11.1 Å². The molecule has 0 aliphatic carbocycles. The van der Waals surface area contributed by atoms with Crippen molar-refractivity contribution in [3.05, 3.63) is 11.9 Å². The minimum absolute atomic E-state index is 0.350. The maximum atomic E-state index is 7.02. The molecule has 5 heteroatoms. The van der Waals surface area contributed by atoms with Gasteiger partial charge in [-0.3, -0.25) is 5.32 Å².